The molecule has 0 saturated heterocycles. The van der Waals surface area contributed by atoms with Crippen LogP contribution in [-0.2, 0) is 11.2 Å². The maximum Gasteiger partial charge on any atom is 0.236 e. The Morgan fingerprint density at radius 3 is 2.83 bits per heavy atom. The monoisotopic (exact) mass is 250 g/mol. The number of nitrogens with one attached hydrogen (secondary N) is 1. The van der Waals surface area contributed by atoms with Gasteiger partial charge in [-0.2, -0.15) is 0 Å². The number of carbonyl (C=O) groups excluding carboxylic acids is 1. The minimum Gasteiger partial charge on any atom is -0.496 e. The lowest BCUT2D eigenvalue weighted by Gasteiger charge is -2.12. The first-order valence-electron chi connectivity index (χ1n) is 6.34. The van der Waals surface area contributed by atoms with E-state index < -0.39 is 6.04 Å². The number of rotatable bonds is 7. The summed E-state index contributed by atoms with van der Waals surface area (Å²) in [6.45, 7) is 2.60. The van der Waals surface area contributed by atoms with E-state index in [2.05, 4.69) is 5.32 Å². The van der Waals surface area contributed by atoms with Crippen LogP contribution in [0.4, 0.5) is 0 Å². The maximum atomic E-state index is 11.6. The topological polar surface area (TPSA) is 64.4 Å². The number of amides is 1. The number of carbonyl (C=O) groups is 1. The number of nitrogens with two attached hydrogens (primary N) is 1. The highest BCUT2D eigenvalue weighted by atomic mass is 16.5. The Balaban J connectivity index is 2.39. The predicted octanol–water partition coefficient (Wildman–Crippen LogP) is 1.48. The molecular formula is C14H22N2O2. The molecule has 4 heteroatoms. The van der Waals surface area contributed by atoms with Gasteiger partial charge >= 0.3 is 0 Å². The van der Waals surface area contributed by atoms with Crippen LogP contribution in [0.1, 0.15) is 25.3 Å². The van der Waals surface area contributed by atoms with Crippen molar-refractivity contribution in [2.75, 3.05) is 13.7 Å². The third kappa shape index (κ3) is 4.37. The third-order valence-corrected chi connectivity index (χ3v) is 2.82. The molecule has 0 radical (unpaired) electrons. The van der Waals surface area contributed by atoms with Gasteiger partial charge in [0, 0.05) is 6.54 Å². The molecule has 3 N–H and O–H groups in total. The molecular weight excluding hydrogens is 228 g/mol. The Kier molecular flexibility index (Phi) is 6.22. The van der Waals surface area contributed by atoms with E-state index in [0.717, 1.165) is 30.6 Å². The van der Waals surface area contributed by atoms with Crippen LogP contribution in [0.2, 0.25) is 0 Å². The van der Waals surface area contributed by atoms with Crippen LogP contribution in [0.3, 0.4) is 0 Å². The first-order valence-corrected chi connectivity index (χ1v) is 6.34. The van der Waals surface area contributed by atoms with Crippen LogP contribution in [0.25, 0.3) is 0 Å². The zero-order valence-corrected chi connectivity index (χ0v) is 11.1. The van der Waals surface area contributed by atoms with Gasteiger partial charge in [-0.1, -0.05) is 31.5 Å². The normalized spacial score (nSPS) is 11.9. The summed E-state index contributed by atoms with van der Waals surface area (Å²) in [7, 11) is 1.65. The van der Waals surface area contributed by atoms with E-state index in [4.69, 9.17) is 10.5 Å². The highest BCUT2D eigenvalue weighted by Gasteiger charge is 2.11. The van der Waals surface area contributed by atoms with Crippen LogP contribution < -0.4 is 15.8 Å². The van der Waals surface area contributed by atoms with Gasteiger partial charge in [0.1, 0.15) is 5.75 Å². The Bertz CT molecular complexity index is 380. The van der Waals surface area contributed by atoms with Crippen molar-refractivity contribution in [2.24, 2.45) is 5.73 Å². The summed E-state index contributed by atoms with van der Waals surface area (Å²) in [4.78, 5) is 11.6. The Morgan fingerprint density at radius 2 is 2.17 bits per heavy atom. The molecule has 1 atom stereocenters. The van der Waals surface area contributed by atoms with Gasteiger partial charge in [-0.15, -0.1) is 0 Å². The summed E-state index contributed by atoms with van der Waals surface area (Å²) in [6, 6.07) is 7.41. The molecule has 0 spiro atoms. The lowest BCUT2D eigenvalue weighted by molar-refractivity contribution is -0.122. The number of hydrogen-bond acceptors (Lipinski definition) is 3. The summed E-state index contributed by atoms with van der Waals surface area (Å²) >= 11 is 0. The van der Waals surface area contributed by atoms with Crippen LogP contribution in [-0.4, -0.2) is 25.6 Å². The molecule has 4 nitrogen and oxygen atoms in total. The van der Waals surface area contributed by atoms with Crippen molar-refractivity contribution in [3.8, 4) is 5.75 Å². The number of ether oxygens (including phenoxy) is 1. The predicted molar refractivity (Wildman–Crippen MR) is 72.6 cm³/mol. The molecule has 1 aromatic carbocycles. The molecule has 1 aromatic rings. The molecule has 18 heavy (non-hydrogen) atoms. The molecule has 100 valence electrons. The minimum absolute atomic E-state index is 0.0771. The first-order chi connectivity index (χ1) is 8.69. The van der Waals surface area contributed by atoms with Gasteiger partial charge in [-0.05, 0) is 24.5 Å². The van der Waals surface area contributed by atoms with Gasteiger partial charge in [0.05, 0.1) is 13.2 Å². The average molecular weight is 250 g/mol. The molecule has 0 saturated carbocycles. The largest absolute Gasteiger partial charge is 0.496 e. The van der Waals surface area contributed by atoms with Crippen LogP contribution in [0.15, 0.2) is 24.3 Å². The van der Waals surface area contributed by atoms with E-state index in [-0.39, 0.29) is 5.91 Å². The van der Waals surface area contributed by atoms with Gasteiger partial charge in [0.25, 0.3) is 0 Å². The number of para-hydroxylation sites is 1. The number of hydrogen-bond donors (Lipinski definition) is 2. The summed E-state index contributed by atoms with van der Waals surface area (Å²) in [5.74, 6) is 0.774. The van der Waals surface area contributed by atoms with Crippen molar-refractivity contribution in [2.45, 2.75) is 32.2 Å². The quantitative estimate of drug-likeness (QED) is 0.770. The van der Waals surface area contributed by atoms with Gasteiger partial charge in [-0.25, -0.2) is 0 Å². The van der Waals surface area contributed by atoms with Crippen molar-refractivity contribution >= 4 is 5.91 Å². The smallest absolute Gasteiger partial charge is 0.236 e. The van der Waals surface area contributed by atoms with E-state index in [1.54, 1.807) is 7.11 Å². The van der Waals surface area contributed by atoms with Crippen molar-refractivity contribution < 1.29 is 9.53 Å². The summed E-state index contributed by atoms with van der Waals surface area (Å²) < 4.78 is 5.25. The maximum absolute atomic E-state index is 11.6. The van der Waals surface area contributed by atoms with Gasteiger partial charge in [0.15, 0.2) is 0 Å². The van der Waals surface area contributed by atoms with Crippen LogP contribution >= 0.6 is 0 Å². The Morgan fingerprint density at radius 1 is 1.44 bits per heavy atom. The van der Waals surface area contributed by atoms with Gasteiger partial charge in [0.2, 0.25) is 5.91 Å². The minimum atomic E-state index is -0.396. The molecule has 0 fully saturated rings. The van der Waals surface area contributed by atoms with E-state index >= 15 is 0 Å². The number of methoxy groups -OCH3 is 1. The molecule has 0 aromatic heterocycles. The molecule has 0 aliphatic carbocycles. The van der Waals surface area contributed by atoms with E-state index in [9.17, 15) is 4.79 Å². The van der Waals surface area contributed by atoms with Crippen molar-refractivity contribution in [1.82, 2.24) is 5.32 Å². The second kappa shape index (κ2) is 7.71. The molecule has 0 heterocycles. The summed E-state index contributed by atoms with van der Waals surface area (Å²) in [6.07, 6.45) is 2.39. The number of benzene rings is 1. The molecule has 0 unspecified atom stereocenters. The van der Waals surface area contributed by atoms with Crippen LogP contribution in [0, 0.1) is 0 Å². The molecule has 0 aliphatic heterocycles. The highest BCUT2D eigenvalue weighted by molar-refractivity contribution is 5.81. The van der Waals surface area contributed by atoms with Crippen molar-refractivity contribution in [3.63, 3.8) is 0 Å². The Hall–Kier alpha value is -1.55. The SMILES string of the molecule is CCC[C@H](N)C(=O)NCCc1ccccc1OC. The summed E-state index contributed by atoms with van der Waals surface area (Å²) in [5, 5.41) is 2.85. The van der Waals surface area contributed by atoms with E-state index in [0.29, 0.717) is 6.54 Å². The van der Waals surface area contributed by atoms with Crippen molar-refractivity contribution in [1.29, 1.82) is 0 Å². The average Bonchev–Trinajstić information content (AvgIpc) is 2.39. The fourth-order valence-corrected chi connectivity index (χ4v) is 1.80. The lowest BCUT2D eigenvalue weighted by Crippen LogP contribution is -2.41. The van der Waals surface area contributed by atoms with Crippen molar-refractivity contribution in [3.05, 3.63) is 29.8 Å². The first kappa shape index (κ1) is 14.5. The third-order valence-electron chi connectivity index (χ3n) is 2.82. The fourth-order valence-electron chi connectivity index (χ4n) is 1.80. The van der Waals surface area contributed by atoms with Gasteiger partial charge < -0.3 is 15.8 Å². The van der Waals surface area contributed by atoms with E-state index in [1.165, 1.54) is 0 Å². The fraction of sp³-hybridized carbons (Fsp3) is 0.500. The van der Waals surface area contributed by atoms with Crippen LogP contribution in [0.5, 0.6) is 5.75 Å². The van der Waals surface area contributed by atoms with Gasteiger partial charge in [-0.3, -0.25) is 4.79 Å². The summed E-state index contributed by atoms with van der Waals surface area (Å²) in [5.41, 5.74) is 6.81. The molecule has 1 amide bonds. The molecule has 0 bridgehead atoms. The standard InChI is InChI=1S/C14H22N2O2/c1-3-6-12(15)14(17)16-10-9-11-7-4-5-8-13(11)18-2/h4-5,7-8,12H,3,6,9-10,15H2,1-2H3,(H,16,17)/t12-/m0/s1. The lowest BCUT2D eigenvalue weighted by atomic mass is 10.1. The molecule has 1 rings (SSSR count). The second-order valence-corrected chi connectivity index (χ2v) is 4.25. The highest BCUT2D eigenvalue weighted by Crippen LogP contribution is 2.17. The Labute approximate surface area is 109 Å². The molecule has 0 aliphatic rings. The van der Waals surface area contributed by atoms with E-state index in [1.807, 2.05) is 31.2 Å². The second-order valence-electron chi connectivity index (χ2n) is 4.25. The zero-order valence-electron chi connectivity index (χ0n) is 11.1. The zero-order chi connectivity index (χ0) is 13.4.